The van der Waals surface area contributed by atoms with Crippen LogP contribution in [0.15, 0.2) is 17.6 Å². The Morgan fingerprint density at radius 1 is 1.26 bits per heavy atom. The summed E-state index contributed by atoms with van der Waals surface area (Å²) >= 11 is 1.51. The van der Waals surface area contributed by atoms with Crippen molar-refractivity contribution in [3.05, 3.63) is 28.9 Å². The van der Waals surface area contributed by atoms with E-state index in [-0.39, 0.29) is 5.78 Å². The van der Waals surface area contributed by atoms with E-state index >= 15 is 0 Å². The molecule has 1 aliphatic carbocycles. The Bertz CT molecular complexity index is 843. The molecule has 0 saturated heterocycles. The highest BCUT2D eigenvalue weighted by atomic mass is 32.1. The minimum atomic E-state index is 0.139. The Balaban J connectivity index is 1.58. The van der Waals surface area contributed by atoms with Gasteiger partial charge in [-0.2, -0.15) is 0 Å². The van der Waals surface area contributed by atoms with Gasteiger partial charge in [0.2, 0.25) is 5.95 Å². The average Bonchev–Trinajstić information content (AvgIpc) is 3.19. The molecule has 0 radical (unpaired) electrons. The van der Waals surface area contributed by atoms with Crippen LogP contribution in [0.4, 0.5) is 11.6 Å². The Labute approximate surface area is 135 Å². The number of aryl methyl sites for hydroxylation is 1. The van der Waals surface area contributed by atoms with Gasteiger partial charge in [0.05, 0.1) is 21.8 Å². The van der Waals surface area contributed by atoms with Crippen molar-refractivity contribution in [3.63, 3.8) is 0 Å². The van der Waals surface area contributed by atoms with Gasteiger partial charge in [0.25, 0.3) is 0 Å². The number of rotatable bonds is 3. The third-order valence-electron chi connectivity index (χ3n) is 3.67. The number of Topliss-reactive ketones (excluding diaryl/α,β-unsaturated/α-hetero) is 1. The van der Waals surface area contributed by atoms with Gasteiger partial charge in [0, 0.05) is 18.0 Å². The second-order valence-electron chi connectivity index (χ2n) is 5.26. The van der Waals surface area contributed by atoms with Crippen molar-refractivity contribution < 1.29 is 4.79 Å². The molecule has 9 heteroatoms. The number of nitrogens with one attached hydrogen (secondary N) is 2. The predicted octanol–water partition coefficient (Wildman–Crippen LogP) is 2.37. The molecule has 8 nitrogen and oxygen atoms in total. The van der Waals surface area contributed by atoms with Crippen LogP contribution in [-0.2, 0) is 6.42 Å². The fourth-order valence-corrected chi connectivity index (χ4v) is 3.31. The van der Waals surface area contributed by atoms with Gasteiger partial charge in [-0.3, -0.25) is 4.79 Å². The lowest BCUT2D eigenvalue weighted by molar-refractivity contribution is 0.0981. The lowest BCUT2D eigenvalue weighted by Crippen LogP contribution is -2.06. The number of anilines is 2. The van der Waals surface area contributed by atoms with Crippen molar-refractivity contribution in [1.29, 1.82) is 0 Å². The minimum Gasteiger partial charge on any atom is -0.323 e. The van der Waals surface area contributed by atoms with Gasteiger partial charge in [-0.1, -0.05) is 0 Å². The van der Waals surface area contributed by atoms with Crippen LogP contribution in [0.25, 0.3) is 10.7 Å². The normalized spacial score (nSPS) is 14.3. The number of tetrazole rings is 1. The molecule has 0 amide bonds. The van der Waals surface area contributed by atoms with E-state index in [9.17, 15) is 4.79 Å². The van der Waals surface area contributed by atoms with Crippen molar-refractivity contribution in [2.75, 3.05) is 5.32 Å². The number of carbonyl (C=O) groups is 1. The molecule has 0 atom stereocenters. The van der Waals surface area contributed by atoms with Gasteiger partial charge < -0.3 is 5.32 Å². The zero-order valence-corrected chi connectivity index (χ0v) is 12.9. The van der Waals surface area contributed by atoms with E-state index in [0.29, 0.717) is 23.8 Å². The zero-order valence-electron chi connectivity index (χ0n) is 12.1. The highest BCUT2D eigenvalue weighted by molar-refractivity contribution is 7.14. The maximum atomic E-state index is 12.0. The SMILES string of the molecule is O=C1CCCCc2nc(Nc3csc(-c4nnn[nH]4)c3)ncc21. The van der Waals surface area contributed by atoms with Crippen LogP contribution in [0.1, 0.15) is 35.3 Å². The molecule has 116 valence electrons. The topological polar surface area (TPSA) is 109 Å². The van der Waals surface area contributed by atoms with E-state index in [1.807, 2.05) is 11.4 Å². The van der Waals surface area contributed by atoms with Crippen LogP contribution in [0, 0.1) is 0 Å². The van der Waals surface area contributed by atoms with E-state index in [1.54, 1.807) is 6.20 Å². The van der Waals surface area contributed by atoms with E-state index in [0.717, 1.165) is 35.5 Å². The van der Waals surface area contributed by atoms with E-state index in [2.05, 4.69) is 35.9 Å². The molecule has 0 aliphatic heterocycles. The first-order chi connectivity index (χ1) is 11.3. The van der Waals surface area contributed by atoms with Gasteiger partial charge in [-0.15, -0.1) is 16.4 Å². The molecule has 0 bridgehead atoms. The Morgan fingerprint density at radius 2 is 2.17 bits per heavy atom. The van der Waals surface area contributed by atoms with Gasteiger partial charge in [-0.05, 0) is 35.8 Å². The molecular formula is C14H13N7OS. The highest BCUT2D eigenvalue weighted by Crippen LogP contribution is 2.28. The summed E-state index contributed by atoms with van der Waals surface area (Å²) in [5.41, 5.74) is 2.35. The van der Waals surface area contributed by atoms with Crippen LogP contribution in [-0.4, -0.2) is 36.4 Å². The highest BCUT2D eigenvalue weighted by Gasteiger charge is 2.18. The van der Waals surface area contributed by atoms with Crippen molar-refractivity contribution in [3.8, 4) is 10.7 Å². The maximum absolute atomic E-state index is 12.0. The molecule has 0 spiro atoms. The summed E-state index contributed by atoms with van der Waals surface area (Å²) in [4.78, 5) is 21.7. The fourth-order valence-electron chi connectivity index (χ4n) is 2.53. The van der Waals surface area contributed by atoms with Crippen molar-refractivity contribution >= 4 is 28.8 Å². The standard InChI is InChI=1S/C14H13N7OS/c22-11-4-2-1-3-10-9(11)6-15-14(17-10)16-8-5-12(23-7-8)13-18-20-21-19-13/h5-7H,1-4H2,(H,15,16,17)(H,18,19,20,21). The Morgan fingerprint density at radius 3 is 3.04 bits per heavy atom. The number of thiophene rings is 1. The quantitative estimate of drug-likeness (QED) is 0.711. The number of fused-ring (bicyclic) bond motifs is 1. The summed E-state index contributed by atoms with van der Waals surface area (Å²) in [6.07, 6.45) is 4.93. The number of carbonyl (C=O) groups excluding carboxylic acids is 1. The van der Waals surface area contributed by atoms with Crippen LogP contribution in [0.3, 0.4) is 0 Å². The molecule has 0 unspecified atom stereocenters. The Hall–Kier alpha value is -2.68. The van der Waals surface area contributed by atoms with Crippen LogP contribution in [0.5, 0.6) is 0 Å². The first-order valence-electron chi connectivity index (χ1n) is 7.28. The minimum absolute atomic E-state index is 0.139. The van der Waals surface area contributed by atoms with Crippen molar-refractivity contribution in [1.82, 2.24) is 30.6 Å². The summed E-state index contributed by atoms with van der Waals surface area (Å²) in [7, 11) is 0. The van der Waals surface area contributed by atoms with Crippen LogP contribution < -0.4 is 5.32 Å². The second-order valence-corrected chi connectivity index (χ2v) is 6.17. The molecule has 0 saturated carbocycles. The number of nitrogens with zero attached hydrogens (tertiary/aromatic N) is 5. The molecule has 0 aromatic carbocycles. The Kier molecular flexibility index (Phi) is 3.54. The van der Waals surface area contributed by atoms with Gasteiger partial charge >= 0.3 is 0 Å². The fraction of sp³-hybridized carbons (Fsp3) is 0.286. The molecule has 2 N–H and O–H groups in total. The summed E-state index contributed by atoms with van der Waals surface area (Å²) in [6.45, 7) is 0. The molecule has 3 heterocycles. The lowest BCUT2D eigenvalue weighted by atomic mass is 10.1. The summed E-state index contributed by atoms with van der Waals surface area (Å²) < 4.78 is 0. The monoisotopic (exact) mass is 327 g/mol. The lowest BCUT2D eigenvalue weighted by Gasteiger charge is -2.07. The van der Waals surface area contributed by atoms with Crippen molar-refractivity contribution in [2.45, 2.75) is 25.7 Å². The molecule has 3 aromatic heterocycles. The summed E-state index contributed by atoms with van der Waals surface area (Å²) in [5, 5.41) is 18.8. The first-order valence-corrected chi connectivity index (χ1v) is 8.16. The number of aromatic nitrogens is 6. The van der Waals surface area contributed by atoms with Crippen LogP contribution >= 0.6 is 11.3 Å². The smallest absolute Gasteiger partial charge is 0.227 e. The second kappa shape index (κ2) is 5.84. The summed E-state index contributed by atoms with van der Waals surface area (Å²) in [6, 6.07) is 1.92. The maximum Gasteiger partial charge on any atom is 0.227 e. The predicted molar refractivity (Wildman–Crippen MR) is 84.7 cm³/mol. The zero-order chi connectivity index (χ0) is 15.6. The van der Waals surface area contributed by atoms with Gasteiger partial charge in [-0.25, -0.2) is 15.1 Å². The number of aromatic amines is 1. The van der Waals surface area contributed by atoms with Gasteiger partial charge in [0.15, 0.2) is 11.6 Å². The third kappa shape index (κ3) is 2.82. The van der Waals surface area contributed by atoms with Crippen molar-refractivity contribution in [2.24, 2.45) is 0 Å². The van der Waals surface area contributed by atoms with E-state index < -0.39 is 0 Å². The molecular weight excluding hydrogens is 314 g/mol. The summed E-state index contributed by atoms with van der Waals surface area (Å²) in [5.74, 6) is 1.26. The molecule has 3 aromatic rings. The van der Waals surface area contributed by atoms with Gasteiger partial charge in [0.1, 0.15) is 0 Å². The molecule has 23 heavy (non-hydrogen) atoms. The largest absolute Gasteiger partial charge is 0.323 e. The average molecular weight is 327 g/mol. The molecule has 1 aliphatic rings. The first kappa shape index (κ1) is 13.9. The number of ketones is 1. The number of hydrogen-bond acceptors (Lipinski definition) is 8. The van der Waals surface area contributed by atoms with Crippen LogP contribution in [0.2, 0.25) is 0 Å². The number of hydrogen-bond donors (Lipinski definition) is 2. The molecule has 0 fully saturated rings. The van der Waals surface area contributed by atoms with E-state index in [1.165, 1.54) is 11.3 Å². The van der Waals surface area contributed by atoms with E-state index in [4.69, 9.17) is 0 Å². The third-order valence-corrected chi connectivity index (χ3v) is 4.61. The molecule has 4 rings (SSSR count). The number of H-pyrrole nitrogens is 1.